The molecule has 51 heavy (non-hydrogen) atoms. The lowest BCUT2D eigenvalue weighted by atomic mass is 9.87. The first-order chi connectivity index (χ1) is 25.2. The van der Waals surface area contributed by atoms with Crippen molar-refractivity contribution in [2.24, 2.45) is 0 Å². The van der Waals surface area contributed by atoms with Gasteiger partial charge >= 0.3 is 0 Å². The average molecular weight is 679 g/mol. The third-order valence-corrected chi connectivity index (χ3v) is 10.1. The van der Waals surface area contributed by atoms with Crippen molar-refractivity contribution in [2.75, 3.05) is 40.4 Å². The lowest BCUT2D eigenvalue weighted by molar-refractivity contribution is 0.0279. The standard InChI is InChI=1S/C47H54N2O2/c1-48-34-44(42-28-26-36-18-12-14-24-40(36)32-42)46(38-20-8-6-9-21-38)50-30-16-4-3-5-17-31-51-47(39-22-10-7-11-23-39)45(35-49-2)43-29-27-37-19-13-15-25-41(37)33-43/h6-15,18-29,32-33,44-49H,3-5,16-17,30-31,34-35H2,1-2H3/t44-,45-,46+,47+/m0/s1. The zero-order chi connectivity index (χ0) is 35.1. The maximum atomic E-state index is 6.77. The third kappa shape index (κ3) is 9.93. The van der Waals surface area contributed by atoms with E-state index in [-0.39, 0.29) is 24.0 Å². The number of fused-ring (bicyclic) bond motifs is 2. The van der Waals surface area contributed by atoms with E-state index < -0.39 is 0 Å². The Balaban J connectivity index is 1.02. The van der Waals surface area contributed by atoms with E-state index in [0.717, 1.165) is 52.0 Å². The lowest BCUT2D eigenvalue weighted by Crippen LogP contribution is -2.25. The second-order valence-corrected chi connectivity index (χ2v) is 13.7. The van der Waals surface area contributed by atoms with Gasteiger partial charge in [-0.05, 0) is 70.7 Å². The van der Waals surface area contributed by atoms with Gasteiger partial charge in [0, 0.05) is 38.1 Å². The van der Waals surface area contributed by atoms with Crippen LogP contribution in [0.1, 0.15) is 78.4 Å². The molecule has 0 radical (unpaired) electrons. The fraction of sp³-hybridized carbons (Fsp3) is 0.319. The van der Waals surface area contributed by atoms with Gasteiger partial charge in [-0.1, -0.05) is 165 Å². The summed E-state index contributed by atoms with van der Waals surface area (Å²) in [5.74, 6) is 0.413. The Bertz CT molecular complexity index is 1750. The summed E-state index contributed by atoms with van der Waals surface area (Å²) in [5.41, 5.74) is 5.08. The van der Waals surface area contributed by atoms with Gasteiger partial charge in [-0.2, -0.15) is 0 Å². The van der Waals surface area contributed by atoms with Crippen LogP contribution in [0.2, 0.25) is 0 Å². The van der Waals surface area contributed by atoms with Crippen LogP contribution in [0.5, 0.6) is 0 Å². The quantitative estimate of drug-likeness (QED) is 0.0789. The van der Waals surface area contributed by atoms with Crippen molar-refractivity contribution >= 4 is 21.5 Å². The third-order valence-electron chi connectivity index (χ3n) is 10.1. The number of rotatable bonds is 20. The minimum atomic E-state index is -0.0173. The molecular weight excluding hydrogens is 625 g/mol. The zero-order valence-electron chi connectivity index (χ0n) is 30.3. The highest BCUT2D eigenvalue weighted by Crippen LogP contribution is 2.37. The molecule has 0 heterocycles. The Labute approximate surface area is 305 Å². The smallest absolute Gasteiger partial charge is 0.0905 e. The molecule has 6 aromatic rings. The molecule has 0 aromatic heterocycles. The number of ether oxygens (including phenoxy) is 2. The van der Waals surface area contributed by atoms with Crippen LogP contribution in [0.15, 0.2) is 146 Å². The summed E-state index contributed by atoms with van der Waals surface area (Å²) in [4.78, 5) is 0. The van der Waals surface area contributed by atoms with Crippen LogP contribution in [-0.4, -0.2) is 40.4 Å². The van der Waals surface area contributed by atoms with Gasteiger partial charge in [-0.25, -0.2) is 0 Å². The van der Waals surface area contributed by atoms with Crippen LogP contribution in [0, 0.1) is 0 Å². The van der Waals surface area contributed by atoms with Crippen molar-refractivity contribution in [1.82, 2.24) is 10.6 Å². The van der Waals surface area contributed by atoms with E-state index in [1.54, 1.807) is 0 Å². The molecule has 0 bridgehead atoms. The molecule has 0 spiro atoms. The second kappa shape index (κ2) is 19.3. The van der Waals surface area contributed by atoms with E-state index in [4.69, 9.17) is 9.47 Å². The van der Waals surface area contributed by atoms with Gasteiger partial charge in [0.15, 0.2) is 0 Å². The predicted octanol–water partition coefficient (Wildman–Crippen LogP) is 10.8. The Morgan fingerprint density at radius 2 is 0.765 bits per heavy atom. The Morgan fingerprint density at radius 3 is 1.18 bits per heavy atom. The molecule has 0 saturated carbocycles. The number of benzene rings is 6. The van der Waals surface area contributed by atoms with Crippen LogP contribution in [0.25, 0.3) is 21.5 Å². The first-order valence-corrected chi connectivity index (χ1v) is 18.8. The number of hydrogen-bond donors (Lipinski definition) is 2. The molecule has 0 aliphatic heterocycles. The van der Waals surface area contributed by atoms with E-state index in [2.05, 4.69) is 156 Å². The SMILES string of the molecule is CNC[C@@H](c1ccc2ccccc2c1)[C@H](OCCCCCCCO[C@H](c1ccccc1)[C@@H](CNC)c1ccc2ccccc2c1)c1ccccc1. The lowest BCUT2D eigenvalue weighted by Gasteiger charge is -2.29. The van der Waals surface area contributed by atoms with Crippen LogP contribution >= 0.6 is 0 Å². The molecule has 4 heteroatoms. The van der Waals surface area contributed by atoms with Crippen LogP contribution in [-0.2, 0) is 9.47 Å². The minimum Gasteiger partial charge on any atom is -0.373 e. The van der Waals surface area contributed by atoms with Crippen LogP contribution in [0.4, 0.5) is 0 Å². The van der Waals surface area contributed by atoms with Gasteiger partial charge in [0.1, 0.15) is 0 Å². The van der Waals surface area contributed by atoms with Crippen molar-refractivity contribution in [3.8, 4) is 0 Å². The maximum absolute atomic E-state index is 6.77. The van der Waals surface area contributed by atoms with Gasteiger partial charge in [-0.15, -0.1) is 0 Å². The van der Waals surface area contributed by atoms with Crippen molar-refractivity contribution in [1.29, 1.82) is 0 Å². The van der Waals surface area contributed by atoms with Gasteiger partial charge in [-0.3, -0.25) is 0 Å². The molecule has 0 amide bonds. The van der Waals surface area contributed by atoms with Crippen LogP contribution < -0.4 is 10.6 Å². The molecule has 0 fully saturated rings. The predicted molar refractivity (Wildman–Crippen MR) is 215 cm³/mol. The van der Waals surface area contributed by atoms with Gasteiger partial charge in [0.05, 0.1) is 12.2 Å². The topological polar surface area (TPSA) is 42.5 Å². The molecular formula is C47H54N2O2. The van der Waals surface area contributed by atoms with E-state index in [1.807, 2.05) is 14.1 Å². The summed E-state index contributed by atoms with van der Waals surface area (Å²) in [6.07, 6.45) is 5.53. The molecule has 0 aliphatic carbocycles. The van der Waals surface area contributed by atoms with Crippen molar-refractivity contribution < 1.29 is 9.47 Å². The van der Waals surface area contributed by atoms with Gasteiger partial charge < -0.3 is 20.1 Å². The van der Waals surface area contributed by atoms with E-state index in [9.17, 15) is 0 Å². The number of nitrogens with one attached hydrogen (secondary N) is 2. The second-order valence-electron chi connectivity index (χ2n) is 13.7. The molecule has 6 aromatic carbocycles. The molecule has 0 aliphatic rings. The largest absolute Gasteiger partial charge is 0.373 e. The van der Waals surface area contributed by atoms with E-state index >= 15 is 0 Å². The summed E-state index contributed by atoms with van der Waals surface area (Å²) in [7, 11) is 4.07. The summed E-state index contributed by atoms with van der Waals surface area (Å²) in [6, 6.07) is 52.4. The summed E-state index contributed by atoms with van der Waals surface area (Å²) >= 11 is 0. The molecule has 4 atom stereocenters. The molecule has 0 unspecified atom stereocenters. The van der Waals surface area contributed by atoms with Gasteiger partial charge in [0.2, 0.25) is 0 Å². The number of hydrogen-bond acceptors (Lipinski definition) is 4. The first-order valence-electron chi connectivity index (χ1n) is 18.8. The molecule has 6 rings (SSSR count). The normalized spacial score (nSPS) is 14.0. The highest BCUT2D eigenvalue weighted by Gasteiger charge is 2.27. The van der Waals surface area contributed by atoms with Crippen LogP contribution in [0.3, 0.4) is 0 Å². The first kappa shape index (κ1) is 36.5. The Morgan fingerprint density at radius 1 is 0.392 bits per heavy atom. The molecule has 0 saturated heterocycles. The monoisotopic (exact) mass is 678 g/mol. The summed E-state index contributed by atoms with van der Waals surface area (Å²) in [6.45, 7) is 3.19. The zero-order valence-corrected chi connectivity index (χ0v) is 30.3. The molecule has 2 N–H and O–H groups in total. The Hall–Kier alpha value is -4.32. The summed E-state index contributed by atoms with van der Waals surface area (Å²) < 4.78 is 13.5. The highest BCUT2D eigenvalue weighted by atomic mass is 16.5. The van der Waals surface area contributed by atoms with Crippen molar-refractivity contribution in [3.05, 3.63) is 168 Å². The fourth-order valence-electron chi connectivity index (χ4n) is 7.45. The number of unbranched alkanes of at least 4 members (excludes halogenated alkanes) is 4. The number of likely N-dealkylation sites (N-methyl/N-ethyl adjacent to an activating group) is 2. The van der Waals surface area contributed by atoms with Gasteiger partial charge in [0.25, 0.3) is 0 Å². The van der Waals surface area contributed by atoms with Crippen molar-refractivity contribution in [3.63, 3.8) is 0 Å². The average Bonchev–Trinajstić information content (AvgIpc) is 3.19. The van der Waals surface area contributed by atoms with Crippen molar-refractivity contribution in [2.45, 2.75) is 56.1 Å². The highest BCUT2D eigenvalue weighted by molar-refractivity contribution is 5.84. The molecule has 4 nitrogen and oxygen atoms in total. The molecule has 264 valence electrons. The summed E-state index contributed by atoms with van der Waals surface area (Å²) in [5, 5.41) is 12.0. The van der Waals surface area contributed by atoms with E-state index in [1.165, 1.54) is 50.2 Å². The van der Waals surface area contributed by atoms with E-state index in [0.29, 0.717) is 0 Å². The minimum absolute atomic E-state index is 0.0173. The maximum Gasteiger partial charge on any atom is 0.0905 e. The fourth-order valence-corrected chi connectivity index (χ4v) is 7.45. The Kier molecular flexibility index (Phi) is 13.8.